The topological polar surface area (TPSA) is 103 Å². The Morgan fingerprint density at radius 3 is 2.22 bits per heavy atom. The Kier molecular flexibility index (Phi) is 8.20. The highest BCUT2D eigenvalue weighted by atomic mass is 32.1. The first-order chi connectivity index (χ1) is 14.8. The van der Waals surface area contributed by atoms with Crippen LogP contribution in [-0.4, -0.2) is 57.1 Å². The zero-order chi connectivity index (χ0) is 24.3. The lowest BCUT2D eigenvalue weighted by molar-refractivity contribution is 0.0693. The van der Waals surface area contributed by atoms with E-state index in [1.807, 2.05) is 39.0 Å². The number of aliphatic hydroxyl groups is 2. The normalized spacial score (nSPS) is 12.0. The van der Waals surface area contributed by atoms with Gasteiger partial charge >= 0.3 is 0 Å². The average molecular weight is 462 g/mol. The van der Waals surface area contributed by atoms with Gasteiger partial charge in [0, 0.05) is 19.6 Å². The lowest BCUT2D eigenvalue weighted by Crippen LogP contribution is -2.38. The number of aryl methyl sites for hydroxylation is 1. The van der Waals surface area contributed by atoms with E-state index in [0.29, 0.717) is 24.4 Å². The highest BCUT2D eigenvalue weighted by Gasteiger charge is 2.28. The SMILES string of the molecule is CCc1cc(C(C)(C)O)ccc1-c1sc(C(=O)NCC(C)(C)O)nc1C(=O)N(CC)CC. The number of carbonyl (C=O) groups excluding carboxylic acids is 2. The third kappa shape index (κ3) is 6.15. The summed E-state index contributed by atoms with van der Waals surface area (Å²) in [6, 6.07) is 5.67. The van der Waals surface area contributed by atoms with Crippen molar-refractivity contribution in [2.75, 3.05) is 19.6 Å². The number of rotatable bonds is 9. The molecule has 0 fully saturated rings. The lowest BCUT2D eigenvalue weighted by atomic mass is 9.92. The summed E-state index contributed by atoms with van der Waals surface area (Å²) in [6.45, 7) is 13.6. The van der Waals surface area contributed by atoms with Crippen LogP contribution < -0.4 is 5.32 Å². The fourth-order valence-corrected chi connectivity index (χ4v) is 4.30. The second kappa shape index (κ2) is 10.1. The van der Waals surface area contributed by atoms with E-state index in [4.69, 9.17) is 0 Å². The Morgan fingerprint density at radius 2 is 1.72 bits per heavy atom. The monoisotopic (exact) mass is 461 g/mol. The number of aromatic nitrogens is 1. The minimum atomic E-state index is -1.06. The number of hydrogen-bond acceptors (Lipinski definition) is 6. The molecular formula is C24H35N3O4S. The molecule has 32 heavy (non-hydrogen) atoms. The van der Waals surface area contributed by atoms with Crippen molar-refractivity contribution in [3.05, 3.63) is 40.0 Å². The van der Waals surface area contributed by atoms with Gasteiger partial charge in [0.15, 0.2) is 5.01 Å². The fraction of sp³-hybridized carbons (Fsp3) is 0.542. The summed E-state index contributed by atoms with van der Waals surface area (Å²) < 4.78 is 0. The molecule has 2 aromatic rings. The van der Waals surface area contributed by atoms with Crippen LogP contribution in [0, 0.1) is 0 Å². The quantitative estimate of drug-likeness (QED) is 0.530. The van der Waals surface area contributed by atoms with Gasteiger partial charge < -0.3 is 20.4 Å². The van der Waals surface area contributed by atoms with Gasteiger partial charge in [-0.1, -0.05) is 25.1 Å². The summed E-state index contributed by atoms with van der Waals surface area (Å²) in [5.41, 5.74) is 0.774. The molecular weight excluding hydrogens is 426 g/mol. The van der Waals surface area contributed by atoms with Crippen LogP contribution >= 0.6 is 11.3 Å². The van der Waals surface area contributed by atoms with Gasteiger partial charge in [0.1, 0.15) is 5.69 Å². The molecule has 0 saturated carbocycles. The van der Waals surface area contributed by atoms with Gasteiger partial charge in [-0.2, -0.15) is 0 Å². The number of carbonyl (C=O) groups is 2. The molecule has 0 spiro atoms. The van der Waals surface area contributed by atoms with Gasteiger partial charge in [0.25, 0.3) is 11.8 Å². The highest BCUT2D eigenvalue weighted by molar-refractivity contribution is 7.17. The molecule has 0 bridgehead atoms. The number of thiazole rings is 1. The lowest BCUT2D eigenvalue weighted by Gasteiger charge is -2.21. The number of benzene rings is 1. The zero-order valence-electron chi connectivity index (χ0n) is 20.1. The average Bonchev–Trinajstić information content (AvgIpc) is 3.16. The maximum atomic E-state index is 13.2. The summed E-state index contributed by atoms with van der Waals surface area (Å²) in [6.07, 6.45) is 0.691. The van der Waals surface area contributed by atoms with Gasteiger partial charge in [-0.25, -0.2) is 4.98 Å². The van der Waals surface area contributed by atoms with Crippen LogP contribution in [0.3, 0.4) is 0 Å². The maximum Gasteiger partial charge on any atom is 0.280 e. The first-order valence-corrected chi connectivity index (χ1v) is 11.8. The van der Waals surface area contributed by atoms with Crippen LogP contribution in [0.1, 0.15) is 79.9 Å². The molecule has 3 N–H and O–H groups in total. The van der Waals surface area contributed by atoms with E-state index >= 15 is 0 Å². The summed E-state index contributed by atoms with van der Waals surface area (Å²) in [5.74, 6) is -0.653. The fourth-order valence-electron chi connectivity index (χ4n) is 3.27. The van der Waals surface area contributed by atoms with Gasteiger partial charge in [-0.15, -0.1) is 11.3 Å². The molecule has 0 saturated heterocycles. The van der Waals surface area contributed by atoms with Crippen molar-refractivity contribution in [2.24, 2.45) is 0 Å². The van der Waals surface area contributed by atoms with Gasteiger partial charge in [0.05, 0.1) is 16.1 Å². The molecule has 2 rings (SSSR count). The van der Waals surface area contributed by atoms with E-state index in [9.17, 15) is 19.8 Å². The summed E-state index contributed by atoms with van der Waals surface area (Å²) >= 11 is 1.17. The standard InChI is InChI=1S/C24H35N3O4S/c1-8-15-13-16(24(6,7)31)11-12-17(15)19-18(22(29)27(9-2)10-3)26-21(32-19)20(28)25-14-23(4,5)30/h11-13,30-31H,8-10,14H2,1-7H3,(H,25,28). The minimum Gasteiger partial charge on any atom is -0.389 e. The van der Waals surface area contributed by atoms with Crippen molar-refractivity contribution in [1.82, 2.24) is 15.2 Å². The Morgan fingerprint density at radius 1 is 1.09 bits per heavy atom. The molecule has 0 aliphatic carbocycles. The Hall–Kier alpha value is -2.29. The van der Waals surface area contributed by atoms with Crippen molar-refractivity contribution >= 4 is 23.2 Å². The number of hydrogen-bond donors (Lipinski definition) is 3. The Bertz CT molecular complexity index is 967. The van der Waals surface area contributed by atoms with E-state index in [-0.39, 0.29) is 23.2 Å². The van der Waals surface area contributed by atoms with E-state index in [2.05, 4.69) is 10.3 Å². The largest absolute Gasteiger partial charge is 0.389 e. The van der Waals surface area contributed by atoms with Crippen molar-refractivity contribution in [3.63, 3.8) is 0 Å². The number of nitrogens with one attached hydrogen (secondary N) is 1. The second-order valence-corrected chi connectivity index (χ2v) is 9.95. The van der Waals surface area contributed by atoms with Crippen molar-refractivity contribution in [3.8, 4) is 10.4 Å². The molecule has 176 valence electrons. The van der Waals surface area contributed by atoms with Crippen LogP contribution in [0.4, 0.5) is 0 Å². The molecule has 7 nitrogen and oxygen atoms in total. The first kappa shape index (κ1) is 26.0. The summed E-state index contributed by atoms with van der Waals surface area (Å²) in [5, 5.41) is 23.2. The number of nitrogens with zero attached hydrogens (tertiary/aromatic N) is 2. The van der Waals surface area contributed by atoms with Crippen LogP contribution in [0.2, 0.25) is 0 Å². The molecule has 0 radical (unpaired) electrons. The molecule has 0 aliphatic heterocycles. The molecule has 1 aromatic heterocycles. The molecule has 1 aromatic carbocycles. The van der Waals surface area contributed by atoms with E-state index in [1.165, 1.54) is 11.3 Å². The highest BCUT2D eigenvalue weighted by Crippen LogP contribution is 2.36. The molecule has 0 aliphatic rings. The van der Waals surface area contributed by atoms with Crippen LogP contribution in [-0.2, 0) is 12.0 Å². The molecule has 1 heterocycles. The Labute approximate surface area is 194 Å². The summed E-state index contributed by atoms with van der Waals surface area (Å²) in [7, 11) is 0. The minimum absolute atomic E-state index is 0.0700. The molecule has 2 amide bonds. The predicted molar refractivity (Wildman–Crippen MR) is 128 cm³/mol. The van der Waals surface area contributed by atoms with Crippen LogP contribution in [0.25, 0.3) is 10.4 Å². The third-order valence-corrected chi connectivity index (χ3v) is 6.28. The van der Waals surface area contributed by atoms with Gasteiger partial charge in [-0.3, -0.25) is 9.59 Å². The predicted octanol–water partition coefficient (Wildman–Crippen LogP) is 3.58. The van der Waals surface area contributed by atoms with E-state index < -0.39 is 17.1 Å². The van der Waals surface area contributed by atoms with Crippen molar-refractivity contribution < 1.29 is 19.8 Å². The molecule has 0 unspecified atom stereocenters. The van der Waals surface area contributed by atoms with Crippen LogP contribution in [0.15, 0.2) is 18.2 Å². The Balaban J connectivity index is 2.61. The van der Waals surface area contributed by atoms with E-state index in [0.717, 1.165) is 16.7 Å². The maximum absolute atomic E-state index is 13.2. The molecule has 8 heteroatoms. The third-order valence-electron chi connectivity index (χ3n) is 5.19. The van der Waals surface area contributed by atoms with Crippen molar-refractivity contribution in [1.29, 1.82) is 0 Å². The number of amides is 2. The van der Waals surface area contributed by atoms with Crippen molar-refractivity contribution in [2.45, 2.75) is 66.1 Å². The smallest absolute Gasteiger partial charge is 0.280 e. The van der Waals surface area contributed by atoms with Gasteiger partial charge in [-0.05, 0) is 64.7 Å². The van der Waals surface area contributed by atoms with E-state index in [1.54, 1.807) is 32.6 Å². The zero-order valence-corrected chi connectivity index (χ0v) is 20.9. The first-order valence-electron chi connectivity index (χ1n) is 11.0. The molecule has 0 atom stereocenters. The van der Waals surface area contributed by atoms with Gasteiger partial charge in [0.2, 0.25) is 0 Å². The second-order valence-electron chi connectivity index (χ2n) is 8.95. The van der Waals surface area contributed by atoms with Crippen LogP contribution in [0.5, 0.6) is 0 Å². The summed E-state index contributed by atoms with van der Waals surface area (Å²) in [4.78, 5) is 32.7.